The first-order valence-electron chi connectivity index (χ1n) is 5.81. The van der Waals surface area contributed by atoms with E-state index in [0.29, 0.717) is 28.2 Å². The van der Waals surface area contributed by atoms with Crippen LogP contribution in [0.25, 0.3) is 0 Å². The fourth-order valence-corrected chi connectivity index (χ4v) is 1.92. The predicted molar refractivity (Wildman–Crippen MR) is 78.4 cm³/mol. The molecule has 2 rings (SSSR count). The van der Waals surface area contributed by atoms with E-state index >= 15 is 0 Å². The molecule has 1 aromatic carbocycles. The summed E-state index contributed by atoms with van der Waals surface area (Å²) in [7, 11) is 1.76. The van der Waals surface area contributed by atoms with E-state index in [1.54, 1.807) is 37.4 Å². The lowest BCUT2D eigenvalue weighted by Gasteiger charge is -2.10. The standard InChI is InChI=1S/C13H14N4O2S/c1-15-10-7-11(17-13(16-10)20-2)19-9-6-4-3-5-8(9)12(14)18/h3-7H,1-2H3,(H2,14,18)(H,15,16,17). The first-order valence-corrected chi connectivity index (χ1v) is 7.04. The summed E-state index contributed by atoms with van der Waals surface area (Å²) in [5.74, 6) is 0.805. The highest BCUT2D eigenvalue weighted by atomic mass is 32.2. The van der Waals surface area contributed by atoms with Crippen molar-refractivity contribution in [3.05, 3.63) is 35.9 Å². The van der Waals surface area contributed by atoms with E-state index in [1.807, 2.05) is 6.26 Å². The van der Waals surface area contributed by atoms with Gasteiger partial charge in [-0.25, -0.2) is 4.98 Å². The average molecular weight is 290 g/mol. The molecule has 0 atom stereocenters. The van der Waals surface area contributed by atoms with Crippen molar-refractivity contribution < 1.29 is 9.53 Å². The Morgan fingerprint density at radius 1 is 1.35 bits per heavy atom. The smallest absolute Gasteiger partial charge is 0.252 e. The summed E-state index contributed by atoms with van der Waals surface area (Å²) in [6.45, 7) is 0. The first-order chi connectivity index (χ1) is 9.63. The quantitative estimate of drug-likeness (QED) is 0.647. The number of para-hydroxylation sites is 1. The van der Waals surface area contributed by atoms with Crippen LogP contribution in [0.15, 0.2) is 35.5 Å². The van der Waals surface area contributed by atoms with Gasteiger partial charge in [0.2, 0.25) is 5.88 Å². The van der Waals surface area contributed by atoms with Crippen molar-refractivity contribution in [1.82, 2.24) is 9.97 Å². The lowest BCUT2D eigenvalue weighted by atomic mass is 10.2. The number of aromatic nitrogens is 2. The van der Waals surface area contributed by atoms with Crippen LogP contribution in [0.2, 0.25) is 0 Å². The first kappa shape index (κ1) is 14.1. The van der Waals surface area contributed by atoms with Crippen molar-refractivity contribution in [3.63, 3.8) is 0 Å². The number of primary amides is 1. The molecule has 7 heteroatoms. The number of anilines is 1. The summed E-state index contributed by atoms with van der Waals surface area (Å²) in [6.07, 6.45) is 1.87. The number of carbonyl (C=O) groups excluding carboxylic acids is 1. The highest BCUT2D eigenvalue weighted by Crippen LogP contribution is 2.26. The number of hydrogen-bond donors (Lipinski definition) is 2. The highest BCUT2D eigenvalue weighted by Gasteiger charge is 2.11. The summed E-state index contributed by atoms with van der Waals surface area (Å²) in [5.41, 5.74) is 5.62. The number of amides is 1. The maximum atomic E-state index is 11.4. The molecule has 6 nitrogen and oxygen atoms in total. The number of benzene rings is 1. The van der Waals surface area contributed by atoms with Gasteiger partial charge in [0.25, 0.3) is 5.91 Å². The minimum atomic E-state index is -0.548. The Morgan fingerprint density at radius 2 is 2.10 bits per heavy atom. The summed E-state index contributed by atoms with van der Waals surface area (Å²) >= 11 is 1.40. The van der Waals surface area contributed by atoms with Crippen LogP contribution in [0.5, 0.6) is 11.6 Å². The number of hydrogen-bond acceptors (Lipinski definition) is 6. The third-order valence-electron chi connectivity index (χ3n) is 2.49. The lowest BCUT2D eigenvalue weighted by Crippen LogP contribution is -2.12. The zero-order chi connectivity index (χ0) is 14.5. The van der Waals surface area contributed by atoms with Gasteiger partial charge in [0.05, 0.1) is 5.56 Å². The normalized spacial score (nSPS) is 10.1. The summed E-state index contributed by atoms with van der Waals surface area (Å²) in [4.78, 5) is 19.8. The van der Waals surface area contributed by atoms with E-state index in [2.05, 4.69) is 15.3 Å². The molecule has 1 amide bonds. The molecule has 0 spiro atoms. The third kappa shape index (κ3) is 3.18. The molecule has 1 heterocycles. The van der Waals surface area contributed by atoms with E-state index in [4.69, 9.17) is 10.5 Å². The van der Waals surface area contributed by atoms with E-state index < -0.39 is 5.91 Å². The number of thioether (sulfide) groups is 1. The second-order valence-corrected chi connectivity index (χ2v) is 4.56. The second-order valence-electron chi connectivity index (χ2n) is 3.79. The molecule has 0 aliphatic carbocycles. The van der Waals surface area contributed by atoms with Crippen LogP contribution in [0.3, 0.4) is 0 Å². The van der Waals surface area contributed by atoms with Gasteiger partial charge in [-0.2, -0.15) is 4.98 Å². The molecule has 3 N–H and O–H groups in total. The van der Waals surface area contributed by atoms with Crippen LogP contribution in [0.1, 0.15) is 10.4 Å². The van der Waals surface area contributed by atoms with Gasteiger partial charge in [0.15, 0.2) is 5.16 Å². The maximum absolute atomic E-state index is 11.4. The number of carbonyl (C=O) groups is 1. The SMILES string of the molecule is CNc1cc(Oc2ccccc2C(N)=O)nc(SC)n1. The zero-order valence-corrected chi connectivity index (χ0v) is 11.9. The fraction of sp³-hybridized carbons (Fsp3) is 0.154. The van der Waals surface area contributed by atoms with Gasteiger partial charge in [-0.15, -0.1) is 0 Å². The Bertz CT molecular complexity index is 611. The van der Waals surface area contributed by atoms with Crippen molar-refractivity contribution in [2.45, 2.75) is 5.16 Å². The molecule has 0 aliphatic rings. The molecule has 0 unspecified atom stereocenters. The lowest BCUT2D eigenvalue weighted by molar-refractivity contribution is 0.0998. The fourth-order valence-electron chi connectivity index (χ4n) is 1.55. The van der Waals surface area contributed by atoms with Crippen LogP contribution in [-0.2, 0) is 0 Å². The van der Waals surface area contributed by atoms with Crippen LogP contribution in [0.4, 0.5) is 5.82 Å². The Balaban J connectivity index is 2.37. The molecule has 0 fully saturated rings. The Kier molecular flexibility index (Phi) is 4.41. The number of ether oxygens (including phenoxy) is 1. The molecule has 20 heavy (non-hydrogen) atoms. The van der Waals surface area contributed by atoms with Crippen molar-refractivity contribution in [1.29, 1.82) is 0 Å². The number of nitrogens with two attached hydrogens (primary N) is 1. The van der Waals surface area contributed by atoms with Gasteiger partial charge in [-0.3, -0.25) is 4.79 Å². The van der Waals surface area contributed by atoms with Crippen LogP contribution < -0.4 is 15.8 Å². The largest absolute Gasteiger partial charge is 0.438 e. The molecule has 0 aliphatic heterocycles. The Labute approximate surface area is 120 Å². The average Bonchev–Trinajstić information content (AvgIpc) is 2.47. The van der Waals surface area contributed by atoms with Crippen molar-refractivity contribution in [3.8, 4) is 11.6 Å². The summed E-state index contributed by atoms with van der Waals surface area (Å²) in [5, 5.41) is 3.50. The number of nitrogens with zero attached hydrogens (tertiary/aromatic N) is 2. The molecular formula is C13H14N4O2S. The van der Waals surface area contributed by atoms with Gasteiger partial charge in [0, 0.05) is 13.1 Å². The topological polar surface area (TPSA) is 90.1 Å². The van der Waals surface area contributed by atoms with E-state index in [-0.39, 0.29) is 0 Å². The van der Waals surface area contributed by atoms with Gasteiger partial charge in [-0.05, 0) is 18.4 Å². The monoisotopic (exact) mass is 290 g/mol. The second kappa shape index (κ2) is 6.25. The Morgan fingerprint density at radius 3 is 2.75 bits per heavy atom. The highest BCUT2D eigenvalue weighted by molar-refractivity contribution is 7.98. The van der Waals surface area contributed by atoms with Gasteiger partial charge in [0.1, 0.15) is 11.6 Å². The van der Waals surface area contributed by atoms with E-state index in [1.165, 1.54) is 11.8 Å². The van der Waals surface area contributed by atoms with Gasteiger partial charge < -0.3 is 15.8 Å². The Hall–Kier alpha value is -2.28. The molecule has 0 bridgehead atoms. The van der Waals surface area contributed by atoms with Gasteiger partial charge in [-0.1, -0.05) is 23.9 Å². The third-order valence-corrected chi connectivity index (χ3v) is 3.04. The van der Waals surface area contributed by atoms with E-state index in [9.17, 15) is 4.79 Å². The van der Waals surface area contributed by atoms with Crippen LogP contribution in [0, 0.1) is 0 Å². The maximum Gasteiger partial charge on any atom is 0.252 e. The van der Waals surface area contributed by atoms with Crippen molar-refractivity contribution in [2.75, 3.05) is 18.6 Å². The molecule has 104 valence electrons. The molecule has 0 saturated carbocycles. The molecule has 0 radical (unpaired) electrons. The van der Waals surface area contributed by atoms with Gasteiger partial charge >= 0.3 is 0 Å². The predicted octanol–water partition coefficient (Wildman–Crippen LogP) is 2.13. The van der Waals surface area contributed by atoms with Crippen molar-refractivity contribution >= 4 is 23.5 Å². The van der Waals surface area contributed by atoms with E-state index in [0.717, 1.165) is 0 Å². The zero-order valence-electron chi connectivity index (χ0n) is 11.1. The van der Waals surface area contributed by atoms with Crippen LogP contribution >= 0.6 is 11.8 Å². The number of nitrogens with one attached hydrogen (secondary N) is 1. The molecule has 2 aromatic rings. The minimum absolute atomic E-state index is 0.308. The number of rotatable bonds is 5. The summed E-state index contributed by atoms with van der Waals surface area (Å²) in [6, 6.07) is 8.40. The van der Waals surface area contributed by atoms with Crippen LogP contribution in [-0.4, -0.2) is 29.2 Å². The molecule has 1 aromatic heterocycles. The van der Waals surface area contributed by atoms with Crippen molar-refractivity contribution in [2.24, 2.45) is 5.73 Å². The summed E-state index contributed by atoms with van der Waals surface area (Å²) < 4.78 is 5.65. The molecule has 0 saturated heterocycles. The minimum Gasteiger partial charge on any atom is -0.438 e. The molecular weight excluding hydrogens is 276 g/mol.